The molecule has 29 heavy (non-hydrogen) atoms. The molecular weight excluding hydrogens is 384 g/mol. The summed E-state index contributed by atoms with van der Waals surface area (Å²) in [4.78, 5) is 29.0. The Bertz CT molecular complexity index is 905. The van der Waals surface area contributed by atoms with E-state index in [1.807, 2.05) is 22.3 Å². The van der Waals surface area contributed by atoms with Crippen LogP contribution >= 0.6 is 11.3 Å². The highest BCUT2D eigenvalue weighted by atomic mass is 32.1. The fourth-order valence-electron chi connectivity index (χ4n) is 4.87. The molecule has 5 rings (SSSR count). The number of rotatable bonds is 2. The second-order valence-electron chi connectivity index (χ2n) is 8.27. The van der Waals surface area contributed by atoms with Crippen molar-refractivity contribution >= 4 is 23.2 Å². The van der Waals surface area contributed by atoms with Gasteiger partial charge in [0.2, 0.25) is 11.8 Å². The SMILES string of the molecule is O=C1CCC(C(=O)N2CCC3(CC2)OCCc2sc(-c4ccccc4)cc23)CN1. The molecule has 2 fully saturated rings. The zero-order chi connectivity index (χ0) is 19.8. The van der Waals surface area contributed by atoms with Gasteiger partial charge in [-0.3, -0.25) is 9.59 Å². The highest BCUT2D eigenvalue weighted by Crippen LogP contribution is 2.46. The summed E-state index contributed by atoms with van der Waals surface area (Å²) in [5.74, 6) is 0.169. The lowest BCUT2D eigenvalue weighted by molar-refractivity contribution is -0.145. The number of carbonyl (C=O) groups excluding carboxylic acids is 2. The van der Waals surface area contributed by atoms with Gasteiger partial charge in [0.25, 0.3) is 0 Å². The lowest BCUT2D eigenvalue weighted by atomic mass is 9.81. The Hall–Kier alpha value is -2.18. The van der Waals surface area contributed by atoms with Crippen LogP contribution in [0.15, 0.2) is 36.4 Å². The summed E-state index contributed by atoms with van der Waals surface area (Å²) in [6.45, 7) is 2.67. The summed E-state index contributed by atoms with van der Waals surface area (Å²) in [5, 5.41) is 2.83. The molecule has 3 aliphatic rings. The molecule has 0 aliphatic carbocycles. The Kier molecular flexibility index (Phi) is 4.92. The molecule has 0 saturated carbocycles. The average Bonchev–Trinajstić information content (AvgIpc) is 3.21. The molecule has 3 aliphatic heterocycles. The first-order valence-electron chi connectivity index (χ1n) is 10.5. The second kappa shape index (κ2) is 7.58. The van der Waals surface area contributed by atoms with Gasteiger partial charge in [-0.15, -0.1) is 11.3 Å². The number of nitrogens with zero attached hydrogens (tertiary/aromatic N) is 1. The summed E-state index contributed by atoms with van der Waals surface area (Å²) in [5.41, 5.74) is 2.34. The molecule has 5 nitrogen and oxygen atoms in total. The van der Waals surface area contributed by atoms with Gasteiger partial charge in [-0.2, -0.15) is 0 Å². The van der Waals surface area contributed by atoms with Gasteiger partial charge in [-0.1, -0.05) is 30.3 Å². The molecule has 2 amide bonds. The fraction of sp³-hybridized carbons (Fsp3) is 0.478. The van der Waals surface area contributed by atoms with Gasteiger partial charge in [0.15, 0.2) is 0 Å². The molecule has 0 bridgehead atoms. The van der Waals surface area contributed by atoms with Gasteiger partial charge in [0.1, 0.15) is 0 Å². The lowest BCUT2D eigenvalue weighted by Crippen LogP contribution is -2.51. The van der Waals surface area contributed by atoms with Gasteiger partial charge in [0.05, 0.1) is 18.1 Å². The van der Waals surface area contributed by atoms with E-state index >= 15 is 0 Å². The summed E-state index contributed by atoms with van der Waals surface area (Å²) < 4.78 is 6.38. The van der Waals surface area contributed by atoms with Crippen LogP contribution in [0.4, 0.5) is 0 Å². The summed E-state index contributed by atoms with van der Waals surface area (Å²) >= 11 is 1.89. The highest BCUT2D eigenvalue weighted by Gasteiger charge is 2.43. The third-order valence-electron chi connectivity index (χ3n) is 6.56. The zero-order valence-corrected chi connectivity index (χ0v) is 17.3. The third-order valence-corrected chi connectivity index (χ3v) is 7.81. The number of fused-ring (bicyclic) bond motifs is 2. The van der Waals surface area contributed by atoms with E-state index < -0.39 is 0 Å². The molecular formula is C23H26N2O3S. The van der Waals surface area contributed by atoms with E-state index in [9.17, 15) is 9.59 Å². The van der Waals surface area contributed by atoms with Crippen LogP contribution in [0.5, 0.6) is 0 Å². The number of thiophene rings is 1. The van der Waals surface area contributed by atoms with Crippen LogP contribution in [0.2, 0.25) is 0 Å². The van der Waals surface area contributed by atoms with Crippen molar-refractivity contribution in [3.63, 3.8) is 0 Å². The van der Waals surface area contributed by atoms with Crippen molar-refractivity contribution in [2.75, 3.05) is 26.2 Å². The average molecular weight is 411 g/mol. The highest BCUT2D eigenvalue weighted by molar-refractivity contribution is 7.15. The smallest absolute Gasteiger partial charge is 0.227 e. The monoisotopic (exact) mass is 410 g/mol. The normalized spacial score (nSPS) is 23.5. The number of hydrogen-bond acceptors (Lipinski definition) is 4. The minimum absolute atomic E-state index is 0.0569. The minimum Gasteiger partial charge on any atom is -0.370 e. The van der Waals surface area contributed by atoms with Crippen molar-refractivity contribution in [3.05, 3.63) is 46.8 Å². The topological polar surface area (TPSA) is 58.6 Å². The summed E-state index contributed by atoms with van der Waals surface area (Å²) in [7, 11) is 0. The summed E-state index contributed by atoms with van der Waals surface area (Å²) in [6.07, 6.45) is 3.78. The number of piperidine rings is 2. The Morgan fingerprint density at radius 1 is 1.17 bits per heavy atom. The molecule has 1 unspecified atom stereocenters. The maximum Gasteiger partial charge on any atom is 0.227 e. The van der Waals surface area contributed by atoms with Gasteiger partial charge in [0, 0.05) is 42.2 Å². The van der Waals surface area contributed by atoms with Gasteiger partial charge < -0.3 is 15.0 Å². The molecule has 0 radical (unpaired) electrons. The quantitative estimate of drug-likeness (QED) is 0.826. The predicted octanol–water partition coefficient (Wildman–Crippen LogP) is 3.33. The first kappa shape index (κ1) is 18.8. The van der Waals surface area contributed by atoms with E-state index in [0.717, 1.165) is 39.0 Å². The maximum absolute atomic E-state index is 12.9. The number of nitrogens with one attached hydrogen (secondary N) is 1. The van der Waals surface area contributed by atoms with E-state index in [4.69, 9.17) is 4.74 Å². The standard InChI is InChI=1S/C23H26N2O3S/c26-21-7-6-17(15-24-21)22(27)25-11-9-23(10-12-25)18-14-20(16-4-2-1-3-5-16)29-19(18)8-13-28-23/h1-5,14,17H,6-13,15H2,(H,24,26). The van der Waals surface area contributed by atoms with Crippen LogP contribution in [-0.4, -0.2) is 43.0 Å². The van der Waals surface area contributed by atoms with Gasteiger partial charge in [-0.05, 0) is 36.5 Å². The third kappa shape index (κ3) is 3.49. The van der Waals surface area contributed by atoms with Crippen molar-refractivity contribution in [2.45, 2.75) is 37.7 Å². The van der Waals surface area contributed by atoms with E-state index in [2.05, 4.69) is 35.6 Å². The fourth-order valence-corrected chi connectivity index (χ4v) is 6.10. The maximum atomic E-state index is 12.9. The Morgan fingerprint density at radius 3 is 2.69 bits per heavy atom. The van der Waals surface area contributed by atoms with Crippen LogP contribution in [0, 0.1) is 5.92 Å². The molecule has 1 N–H and O–H groups in total. The number of amides is 2. The lowest BCUT2D eigenvalue weighted by Gasteiger charge is -2.44. The summed E-state index contributed by atoms with van der Waals surface area (Å²) in [6, 6.07) is 12.9. The Morgan fingerprint density at radius 2 is 1.97 bits per heavy atom. The van der Waals surface area contributed by atoms with Crippen LogP contribution in [0.25, 0.3) is 10.4 Å². The molecule has 2 aromatic rings. The molecule has 152 valence electrons. The van der Waals surface area contributed by atoms with Crippen LogP contribution in [0.3, 0.4) is 0 Å². The van der Waals surface area contributed by atoms with Crippen LogP contribution in [-0.2, 0) is 26.3 Å². The van der Waals surface area contributed by atoms with Crippen molar-refractivity contribution in [1.82, 2.24) is 10.2 Å². The van der Waals surface area contributed by atoms with E-state index in [-0.39, 0.29) is 23.3 Å². The van der Waals surface area contributed by atoms with E-state index in [0.29, 0.717) is 19.4 Å². The van der Waals surface area contributed by atoms with Crippen molar-refractivity contribution in [2.24, 2.45) is 5.92 Å². The second-order valence-corrected chi connectivity index (χ2v) is 9.41. The van der Waals surface area contributed by atoms with Crippen molar-refractivity contribution in [1.29, 1.82) is 0 Å². The predicted molar refractivity (Wildman–Crippen MR) is 113 cm³/mol. The largest absolute Gasteiger partial charge is 0.370 e. The van der Waals surface area contributed by atoms with Crippen molar-refractivity contribution < 1.29 is 14.3 Å². The molecule has 2 saturated heterocycles. The van der Waals surface area contributed by atoms with Gasteiger partial charge >= 0.3 is 0 Å². The van der Waals surface area contributed by atoms with Gasteiger partial charge in [-0.25, -0.2) is 0 Å². The zero-order valence-electron chi connectivity index (χ0n) is 16.5. The number of hydrogen-bond donors (Lipinski definition) is 1. The van der Waals surface area contributed by atoms with Crippen molar-refractivity contribution in [3.8, 4) is 10.4 Å². The number of benzene rings is 1. The molecule has 1 atom stereocenters. The minimum atomic E-state index is -0.255. The molecule has 6 heteroatoms. The Labute approximate surface area is 175 Å². The van der Waals surface area contributed by atoms with E-state index in [1.54, 1.807) is 0 Å². The molecule has 1 aromatic carbocycles. The first-order valence-corrected chi connectivity index (χ1v) is 11.3. The van der Waals surface area contributed by atoms with Crippen LogP contribution < -0.4 is 5.32 Å². The molecule has 1 spiro atoms. The molecule has 1 aromatic heterocycles. The van der Waals surface area contributed by atoms with Crippen LogP contribution in [0.1, 0.15) is 36.1 Å². The number of carbonyl (C=O) groups is 2. The van der Waals surface area contributed by atoms with E-state index in [1.165, 1.54) is 20.9 Å². The number of likely N-dealkylation sites (tertiary alicyclic amines) is 1. The first-order chi connectivity index (χ1) is 14.1. The molecule has 4 heterocycles. The number of ether oxygens (including phenoxy) is 1. The Balaban J connectivity index is 1.32.